The number of oxazole rings is 1. The molecule has 1 heterocycles. The molecule has 0 saturated carbocycles. The van der Waals surface area contributed by atoms with Crippen LogP contribution in [0.4, 0.5) is 10.1 Å². The lowest BCUT2D eigenvalue weighted by Gasteiger charge is -2.03. The lowest BCUT2D eigenvalue weighted by molar-refractivity contribution is 0.290. The van der Waals surface area contributed by atoms with E-state index in [1.165, 1.54) is 0 Å². The summed E-state index contributed by atoms with van der Waals surface area (Å²) in [6.45, 7) is -0.0421. The van der Waals surface area contributed by atoms with E-state index in [0.29, 0.717) is 35.8 Å². The molecule has 0 aliphatic heterocycles. The quantitative estimate of drug-likeness (QED) is 0.240. The molecule has 0 fully saturated rings. The number of nitrogens with two attached hydrogens (primary N) is 1. The van der Waals surface area contributed by atoms with Gasteiger partial charge in [-0.1, -0.05) is 36.4 Å². The molecule has 0 saturated heterocycles. The Hall–Kier alpha value is -3.60. The molecule has 29 heavy (non-hydrogen) atoms. The number of fused-ring (bicyclic) bond motifs is 1. The summed E-state index contributed by atoms with van der Waals surface area (Å²) in [5.41, 5.74) is 10.9. The van der Waals surface area contributed by atoms with Crippen LogP contribution in [0.5, 0.6) is 5.75 Å². The van der Waals surface area contributed by atoms with E-state index in [1.54, 1.807) is 6.07 Å². The van der Waals surface area contributed by atoms with Gasteiger partial charge in [0.05, 0.1) is 13.3 Å². The number of hydrogen-bond acceptors (Lipinski definition) is 4. The maximum Gasteiger partial charge on any atom is 0.227 e. The third-order valence-electron chi connectivity index (χ3n) is 4.47. The van der Waals surface area contributed by atoms with Crippen LogP contribution in [0.3, 0.4) is 0 Å². The van der Waals surface area contributed by atoms with Crippen molar-refractivity contribution in [2.24, 2.45) is 0 Å². The van der Waals surface area contributed by atoms with Crippen molar-refractivity contribution in [1.29, 1.82) is 0 Å². The number of nitrogens with zero attached hydrogens (tertiary/aromatic N) is 1. The topological polar surface area (TPSA) is 61.3 Å². The molecule has 4 rings (SSSR count). The van der Waals surface area contributed by atoms with Gasteiger partial charge in [-0.05, 0) is 47.5 Å². The van der Waals surface area contributed by atoms with E-state index in [2.05, 4.69) is 4.98 Å². The highest BCUT2D eigenvalue weighted by Crippen LogP contribution is 2.27. The fourth-order valence-electron chi connectivity index (χ4n) is 2.90. The SMILES string of the molecule is Nc1ccc(/C=C/c2ccc(-c3nc4cc(OCCCF)ccc4o3)cc2)cc1. The van der Waals surface area contributed by atoms with Crippen LogP contribution < -0.4 is 10.5 Å². The second kappa shape index (κ2) is 8.61. The highest BCUT2D eigenvalue weighted by molar-refractivity contribution is 5.78. The molecule has 146 valence electrons. The van der Waals surface area contributed by atoms with Gasteiger partial charge in [0.15, 0.2) is 5.58 Å². The normalized spacial score (nSPS) is 11.3. The van der Waals surface area contributed by atoms with Gasteiger partial charge in [-0.2, -0.15) is 0 Å². The predicted octanol–water partition coefficient (Wildman–Crippen LogP) is 5.99. The van der Waals surface area contributed by atoms with Gasteiger partial charge in [0.25, 0.3) is 0 Å². The van der Waals surface area contributed by atoms with Gasteiger partial charge in [0.1, 0.15) is 11.3 Å². The van der Waals surface area contributed by atoms with Gasteiger partial charge in [-0.25, -0.2) is 4.98 Å². The summed E-state index contributed by atoms with van der Waals surface area (Å²) in [5.74, 6) is 1.21. The van der Waals surface area contributed by atoms with Crippen molar-refractivity contribution in [3.8, 4) is 17.2 Å². The molecule has 0 unspecified atom stereocenters. The lowest BCUT2D eigenvalue weighted by Crippen LogP contribution is -1.97. The van der Waals surface area contributed by atoms with Gasteiger partial charge in [-0.15, -0.1) is 0 Å². The minimum Gasteiger partial charge on any atom is -0.493 e. The standard InChI is InChI=1S/C24H21FN2O2/c25-14-1-15-28-21-12-13-23-22(16-21)27-24(29-23)19-8-4-17(5-9-19)2-3-18-6-10-20(26)11-7-18/h2-13,16H,1,14-15,26H2/b3-2+. The summed E-state index contributed by atoms with van der Waals surface area (Å²) < 4.78 is 23.6. The zero-order valence-electron chi connectivity index (χ0n) is 15.8. The number of anilines is 1. The fraction of sp³-hybridized carbons (Fsp3) is 0.125. The zero-order valence-corrected chi connectivity index (χ0v) is 15.8. The van der Waals surface area contributed by atoms with E-state index >= 15 is 0 Å². The molecule has 3 aromatic carbocycles. The molecule has 0 aliphatic rings. The number of alkyl halides is 1. The van der Waals surface area contributed by atoms with Crippen molar-refractivity contribution in [2.75, 3.05) is 19.0 Å². The molecule has 0 aliphatic carbocycles. The highest BCUT2D eigenvalue weighted by atomic mass is 19.1. The van der Waals surface area contributed by atoms with Crippen LogP contribution in [0.2, 0.25) is 0 Å². The van der Waals surface area contributed by atoms with Crippen molar-refractivity contribution in [3.05, 3.63) is 77.9 Å². The first kappa shape index (κ1) is 18.7. The predicted molar refractivity (Wildman–Crippen MR) is 115 cm³/mol. The number of aromatic nitrogens is 1. The summed E-state index contributed by atoms with van der Waals surface area (Å²) >= 11 is 0. The minimum absolute atomic E-state index is 0.345. The number of ether oxygens (including phenoxy) is 1. The lowest BCUT2D eigenvalue weighted by atomic mass is 10.1. The molecule has 0 spiro atoms. The number of hydrogen-bond donors (Lipinski definition) is 1. The van der Waals surface area contributed by atoms with E-state index in [9.17, 15) is 4.39 Å². The highest BCUT2D eigenvalue weighted by Gasteiger charge is 2.09. The Kier molecular flexibility index (Phi) is 5.56. The average molecular weight is 388 g/mol. The molecule has 2 N–H and O–H groups in total. The molecule has 4 nitrogen and oxygen atoms in total. The smallest absolute Gasteiger partial charge is 0.227 e. The Labute approximate surface area is 168 Å². The van der Waals surface area contributed by atoms with Gasteiger partial charge in [-0.3, -0.25) is 4.39 Å². The summed E-state index contributed by atoms with van der Waals surface area (Å²) in [7, 11) is 0. The Morgan fingerprint density at radius 1 is 0.931 bits per heavy atom. The second-order valence-corrected chi connectivity index (χ2v) is 6.66. The molecule has 1 aromatic heterocycles. The molecular formula is C24H21FN2O2. The van der Waals surface area contributed by atoms with E-state index < -0.39 is 0 Å². The monoisotopic (exact) mass is 388 g/mol. The Balaban J connectivity index is 1.49. The van der Waals surface area contributed by atoms with Crippen LogP contribution in [-0.2, 0) is 0 Å². The van der Waals surface area contributed by atoms with Crippen LogP contribution in [0, 0.1) is 0 Å². The van der Waals surface area contributed by atoms with Gasteiger partial charge >= 0.3 is 0 Å². The molecule has 0 amide bonds. The van der Waals surface area contributed by atoms with E-state index in [-0.39, 0.29) is 6.67 Å². The van der Waals surface area contributed by atoms with Crippen molar-refractivity contribution >= 4 is 28.9 Å². The molecule has 0 bridgehead atoms. The van der Waals surface area contributed by atoms with E-state index in [0.717, 1.165) is 22.4 Å². The first-order valence-electron chi connectivity index (χ1n) is 9.45. The zero-order chi connectivity index (χ0) is 20.1. The molecule has 4 aromatic rings. The van der Waals surface area contributed by atoms with Crippen molar-refractivity contribution in [1.82, 2.24) is 4.98 Å². The Bertz CT molecular complexity index is 1120. The number of benzene rings is 3. The largest absolute Gasteiger partial charge is 0.493 e. The second-order valence-electron chi connectivity index (χ2n) is 6.66. The van der Waals surface area contributed by atoms with Crippen LogP contribution >= 0.6 is 0 Å². The van der Waals surface area contributed by atoms with Crippen LogP contribution in [0.1, 0.15) is 17.5 Å². The third-order valence-corrected chi connectivity index (χ3v) is 4.47. The number of halogens is 1. The maximum absolute atomic E-state index is 12.2. The third kappa shape index (κ3) is 4.63. The van der Waals surface area contributed by atoms with E-state index in [1.807, 2.05) is 72.8 Å². The molecule has 0 radical (unpaired) electrons. The van der Waals surface area contributed by atoms with Crippen LogP contribution in [0.25, 0.3) is 34.7 Å². The summed E-state index contributed by atoms with van der Waals surface area (Å²) in [6, 6.07) is 21.2. The summed E-state index contributed by atoms with van der Waals surface area (Å²) in [5, 5.41) is 0. The minimum atomic E-state index is -0.387. The summed E-state index contributed by atoms with van der Waals surface area (Å²) in [4.78, 5) is 4.55. The fourth-order valence-corrected chi connectivity index (χ4v) is 2.90. The summed E-state index contributed by atoms with van der Waals surface area (Å²) in [6.07, 6.45) is 4.46. The van der Waals surface area contributed by atoms with Crippen LogP contribution in [0.15, 0.2) is 71.1 Å². The number of nitrogen functional groups attached to an aromatic ring is 1. The van der Waals surface area contributed by atoms with Crippen molar-refractivity contribution < 1.29 is 13.5 Å². The first-order chi connectivity index (χ1) is 14.2. The van der Waals surface area contributed by atoms with Crippen molar-refractivity contribution in [3.63, 3.8) is 0 Å². The average Bonchev–Trinajstić information content (AvgIpc) is 3.17. The van der Waals surface area contributed by atoms with Gasteiger partial charge < -0.3 is 14.9 Å². The molecular weight excluding hydrogens is 367 g/mol. The molecule has 5 heteroatoms. The number of rotatable bonds is 7. The van der Waals surface area contributed by atoms with Gasteiger partial charge in [0.2, 0.25) is 5.89 Å². The first-order valence-corrected chi connectivity index (χ1v) is 9.45. The Morgan fingerprint density at radius 2 is 1.62 bits per heavy atom. The Morgan fingerprint density at radius 3 is 2.31 bits per heavy atom. The maximum atomic E-state index is 12.2. The van der Waals surface area contributed by atoms with Crippen molar-refractivity contribution in [2.45, 2.75) is 6.42 Å². The molecule has 0 atom stereocenters. The van der Waals surface area contributed by atoms with E-state index in [4.69, 9.17) is 14.9 Å². The van der Waals surface area contributed by atoms with Crippen LogP contribution in [-0.4, -0.2) is 18.3 Å². The van der Waals surface area contributed by atoms with Gasteiger partial charge in [0, 0.05) is 23.7 Å².